The van der Waals surface area contributed by atoms with Crippen molar-refractivity contribution in [3.05, 3.63) is 75.1 Å². The summed E-state index contributed by atoms with van der Waals surface area (Å²) in [5, 5.41) is 4.12. The molecule has 0 aliphatic heterocycles. The first-order valence-electron chi connectivity index (χ1n) is 8.29. The lowest BCUT2D eigenvalue weighted by molar-refractivity contribution is 0.246. The monoisotopic (exact) mass is 354 g/mol. The minimum atomic E-state index is -0.314. The molecule has 0 fully saturated rings. The quantitative estimate of drug-likeness (QED) is 0.679. The van der Waals surface area contributed by atoms with Crippen LogP contribution in [0.25, 0.3) is 5.69 Å². The SMILES string of the molecule is CC(c1ccc(-n2cncn2)cc1)N(C)Cc1cc(=O)n(C)c(=O)n1C. The van der Waals surface area contributed by atoms with Gasteiger partial charge in [0.2, 0.25) is 0 Å². The van der Waals surface area contributed by atoms with E-state index in [-0.39, 0.29) is 17.3 Å². The molecule has 0 saturated carbocycles. The van der Waals surface area contributed by atoms with Crippen molar-refractivity contribution in [1.82, 2.24) is 28.8 Å². The van der Waals surface area contributed by atoms with E-state index in [1.54, 1.807) is 18.1 Å². The van der Waals surface area contributed by atoms with Gasteiger partial charge in [0.1, 0.15) is 12.7 Å². The molecule has 8 heteroatoms. The van der Waals surface area contributed by atoms with E-state index in [4.69, 9.17) is 0 Å². The van der Waals surface area contributed by atoms with Crippen molar-refractivity contribution in [2.45, 2.75) is 19.5 Å². The zero-order chi connectivity index (χ0) is 18.8. The third-order valence-electron chi connectivity index (χ3n) is 4.76. The summed E-state index contributed by atoms with van der Waals surface area (Å²) >= 11 is 0. The molecule has 0 radical (unpaired) electrons. The summed E-state index contributed by atoms with van der Waals surface area (Å²) in [6, 6.07) is 9.69. The van der Waals surface area contributed by atoms with E-state index in [1.807, 2.05) is 31.3 Å². The summed E-state index contributed by atoms with van der Waals surface area (Å²) in [4.78, 5) is 30.0. The Balaban J connectivity index is 1.79. The molecule has 0 spiro atoms. The third kappa shape index (κ3) is 3.36. The average Bonchev–Trinajstić information content (AvgIpc) is 3.18. The van der Waals surface area contributed by atoms with Gasteiger partial charge in [-0.2, -0.15) is 5.10 Å². The van der Waals surface area contributed by atoms with Gasteiger partial charge >= 0.3 is 5.69 Å². The van der Waals surface area contributed by atoms with Crippen LogP contribution in [0.2, 0.25) is 0 Å². The van der Waals surface area contributed by atoms with E-state index in [1.165, 1.54) is 24.0 Å². The van der Waals surface area contributed by atoms with E-state index in [9.17, 15) is 9.59 Å². The highest BCUT2D eigenvalue weighted by atomic mass is 16.2. The molecule has 0 aliphatic carbocycles. The lowest BCUT2D eigenvalue weighted by Crippen LogP contribution is -2.39. The zero-order valence-electron chi connectivity index (χ0n) is 15.3. The van der Waals surface area contributed by atoms with Gasteiger partial charge in [0.15, 0.2) is 0 Å². The molecule has 2 aromatic heterocycles. The predicted molar refractivity (Wildman–Crippen MR) is 98.2 cm³/mol. The van der Waals surface area contributed by atoms with Crippen LogP contribution in [0.5, 0.6) is 0 Å². The Kier molecular flexibility index (Phi) is 4.85. The standard InChI is InChI=1S/C18H22N6O2/c1-13(14-5-7-15(8-6-14)24-12-19-11-20-24)21(2)10-16-9-17(25)23(4)18(26)22(16)3/h5-9,11-13H,10H2,1-4H3. The Morgan fingerprint density at radius 2 is 1.81 bits per heavy atom. The minimum Gasteiger partial charge on any atom is -0.299 e. The maximum absolute atomic E-state index is 12.1. The number of aromatic nitrogens is 5. The van der Waals surface area contributed by atoms with Gasteiger partial charge in [0.25, 0.3) is 5.56 Å². The smallest absolute Gasteiger partial charge is 0.299 e. The van der Waals surface area contributed by atoms with Crippen molar-refractivity contribution in [2.75, 3.05) is 7.05 Å². The van der Waals surface area contributed by atoms with Gasteiger partial charge in [-0.1, -0.05) is 12.1 Å². The van der Waals surface area contributed by atoms with Gasteiger partial charge in [0, 0.05) is 38.4 Å². The molecule has 26 heavy (non-hydrogen) atoms. The van der Waals surface area contributed by atoms with Crippen LogP contribution in [0.15, 0.2) is 52.6 Å². The molecule has 8 nitrogen and oxygen atoms in total. The van der Waals surface area contributed by atoms with Crippen molar-refractivity contribution >= 4 is 0 Å². The number of hydrogen-bond donors (Lipinski definition) is 0. The topological polar surface area (TPSA) is 78.0 Å². The first-order valence-corrected chi connectivity index (χ1v) is 8.29. The van der Waals surface area contributed by atoms with E-state index >= 15 is 0 Å². The van der Waals surface area contributed by atoms with Crippen molar-refractivity contribution in [1.29, 1.82) is 0 Å². The van der Waals surface area contributed by atoms with Crippen LogP contribution < -0.4 is 11.2 Å². The van der Waals surface area contributed by atoms with Gasteiger partial charge in [-0.15, -0.1) is 0 Å². The van der Waals surface area contributed by atoms with Crippen LogP contribution in [0.4, 0.5) is 0 Å². The predicted octanol–water partition coefficient (Wildman–Crippen LogP) is 0.858. The fourth-order valence-corrected chi connectivity index (χ4v) is 2.82. The summed E-state index contributed by atoms with van der Waals surface area (Å²) in [6.45, 7) is 2.58. The lowest BCUT2D eigenvalue weighted by Gasteiger charge is -2.26. The van der Waals surface area contributed by atoms with Gasteiger partial charge in [0.05, 0.1) is 5.69 Å². The van der Waals surface area contributed by atoms with Crippen LogP contribution in [-0.2, 0) is 20.6 Å². The molecule has 3 rings (SSSR count). The second kappa shape index (κ2) is 7.09. The Hall–Kier alpha value is -3.00. The van der Waals surface area contributed by atoms with Crippen molar-refractivity contribution < 1.29 is 0 Å². The van der Waals surface area contributed by atoms with E-state index < -0.39 is 0 Å². The van der Waals surface area contributed by atoms with Gasteiger partial charge in [-0.3, -0.25) is 18.8 Å². The van der Waals surface area contributed by atoms with E-state index in [2.05, 4.69) is 21.9 Å². The highest BCUT2D eigenvalue weighted by Crippen LogP contribution is 2.21. The number of rotatable bonds is 5. The molecule has 1 unspecified atom stereocenters. The number of nitrogens with zero attached hydrogens (tertiary/aromatic N) is 6. The molecular weight excluding hydrogens is 332 g/mol. The van der Waals surface area contributed by atoms with Crippen LogP contribution in [0.1, 0.15) is 24.2 Å². The van der Waals surface area contributed by atoms with Crippen LogP contribution in [0.3, 0.4) is 0 Å². The fourth-order valence-electron chi connectivity index (χ4n) is 2.82. The number of hydrogen-bond acceptors (Lipinski definition) is 5. The van der Waals surface area contributed by atoms with Crippen molar-refractivity contribution in [2.24, 2.45) is 14.1 Å². The van der Waals surface area contributed by atoms with Crippen molar-refractivity contribution in [3.63, 3.8) is 0 Å². The third-order valence-corrected chi connectivity index (χ3v) is 4.76. The Morgan fingerprint density at radius 3 is 2.42 bits per heavy atom. The van der Waals surface area contributed by atoms with Crippen LogP contribution in [0, 0.1) is 0 Å². The molecule has 0 N–H and O–H groups in total. The highest BCUT2D eigenvalue weighted by molar-refractivity contribution is 5.34. The molecule has 0 amide bonds. The normalized spacial score (nSPS) is 12.5. The Labute approximate surface area is 151 Å². The molecule has 0 aliphatic rings. The van der Waals surface area contributed by atoms with Crippen LogP contribution >= 0.6 is 0 Å². The average molecular weight is 354 g/mol. The number of benzene rings is 1. The molecule has 2 heterocycles. The Bertz CT molecular complexity index is 1000. The second-order valence-corrected chi connectivity index (χ2v) is 6.40. The summed E-state index contributed by atoms with van der Waals surface area (Å²) in [5.41, 5.74) is 2.15. The fraction of sp³-hybridized carbons (Fsp3) is 0.333. The molecule has 136 valence electrons. The summed E-state index contributed by atoms with van der Waals surface area (Å²) in [6.07, 6.45) is 3.15. The first-order chi connectivity index (χ1) is 12.4. The van der Waals surface area contributed by atoms with E-state index in [0.717, 1.165) is 15.8 Å². The first kappa shape index (κ1) is 17.8. The van der Waals surface area contributed by atoms with Gasteiger partial charge in [-0.25, -0.2) is 14.5 Å². The van der Waals surface area contributed by atoms with Gasteiger partial charge < -0.3 is 0 Å². The highest BCUT2D eigenvalue weighted by Gasteiger charge is 2.15. The largest absolute Gasteiger partial charge is 0.330 e. The molecule has 0 saturated heterocycles. The second-order valence-electron chi connectivity index (χ2n) is 6.40. The Morgan fingerprint density at radius 1 is 1.12 bits per heavy atom. The van der Waals surface area contributed by atoms with E-state index in [0.29, 0.717) is 12.2 Å². The molecule has 3 aromatic rings. The van der Waals surface area contributed by atoms with Gasteiger partial charge in [-0.05, 0) is 31.7 Å². The van der Waals surface area contributed by atoms with Crippen LogP contribution in [-0.4, -0.2) is 35.8 Å². The molecule has 0 bridgehead atoms. The zero-order valence-corrected chi connectivity index (χ0v) is 15.3. The summed E-state index contributed by atoms with van der Waals surface area (Å²) < 4.78 is 4.32. The molecule has 1 atom stereocenters. The minimum absolute atomic E-state index is 0.110. The summed E-state index contributed by atoms with van der Waals surface area (Å²) in [5.74, 6) is 0. The van der Waals surface area contributed by atoms with Crippen molar-refractivity contribution in [3.8, 4) is 5.69 Å². The molecule has 1 aromatic carbocycles. The summed E-state index contributed by atoms with van der Waals surface area (Å²) in [7, 11) is 5.14. The maximum atomic E-state index is 12.1. The molecular formula is C18H22N6O2. The lowest BCUT2D eigenvalue weighted by atomic mass is 10.1. The maximum Gasteiger partial charge on any atom is 0.330 e.